The first-order chi connectivity index (χ1) is 12.0. The second-order valence-electron chi connectivity index (χ2n) is 5.82. The minimum absolute atomic E-state index is 0.113. The van der Waals surface area contributed by atoms with Crippen LogP contribution in [0.1, 0.15) is 34.1 Å². The molecule has 1 N–H and O–H groups in total. The van der Waals surface area contributed by atoms with Crippen molar-refractivity contribution in [2.75, 3.05) is 13.2 Å². The van der Waals surface area contributed by atoms with Crippen molar-refractivity contribution in [2.24, 2.45) is 0 Å². The fourth-order valence-corrected chi connectivity index (χ4v) is 2.90. The predicted molar refractivity (Wildman–Crippen MR) is 81.8 cm³/mol. The summed E-state index contributed by atoms with van der Waals surface area (Å²) in [4.78, 5) is 36.2. The van der Waals surface area contributed by atoms with Gasteiger partial charge in [-0.25, -0.2) is 9.59 Å². The molecule has 0 saturated carbocycles. The van der Waals surface area contributed by atoms with Gasteiger partial charge in [-0.05, 0) is 19.1 Å². The van der Waals surface area contributed by atoms with Crippen LogP contribution in [0.2, 0.25) is 0 Å². The molecule has 2 heterocycles. The van der Waals surface area contributed by atoms with Gasteiger partial charge in [-0.3, -0.25) is 4.79 Å². The van der Waals surface area contributed by atoms with Gasteiger partial charge in [0.25, 0.3) is 0 Å². The van der Waals surface area contributed by atoms with Crippen molar-refractivity contribution in [1.29, 1.82) is 0 Å². The van der Waals surface area contributed by atoms with E-state index in [1.807, 2.05) is 0 Å². The SMILES string of the molecule is C[C@@H]1O[C@H](COC(=O)CCO)[C@H]2OC(=O)c3ccccc3C(=O)O[C@H]21. The third-order valence-corrected chi connectivity index (χ3v) is 4.12. The molecule has 25 heavy (non-hydrogen) atoms. The van der Waals surface area contributed by atoms with Gasteiger partial charge in [0.15, 0.2) is 12.2 Å². The third-order valence-electron chi connectivity index (χ3n) is 4.12. The quantitative estimate of drug-likeness (QED) is 0.616. The fraction of sp³-hybridized carbons (Fsp3) is 0.471. The molecule has 0 bridgehead atoms. The van der Waals surface area contributed by atoms with Gasteiger partial charge in [-0.1, -0.05) is 12.1 Å². The number of esters is 3. The van der Waals surface area contributed by atoms with Crippen LogP contribution >= 0.6 is 0 Å². The van der Waals surface area contributed by atoms with Crippen molar-refractivity contribution in [3.05, 3.63) is 35.4 Å². The molecular formula is C17H18O8. The van der Waals surface area contributed by atoms with E-state index in [9.17, 15) is 14.4 Å². The van der Waals surface area contributed by atoms with Gasteiger partial charge >= 0.3 is 17.9 Å². The minimum atomic E-state index is -0.887. The lowest BCUT2D eigenvalue weighted by Crippen LogP contribution is -2.43. The zero-order chi connectivity index (χ0) is 18.0. The first-order valence-electron chi connectivity index (χ1n) is 7.94. The van der Waals surface area contributed by atoms with Gasteiger partial charge in [-0.15, -0.1) is 0 Å². The molecule has 3 rings (SSSR count). The lowest BCUT2D eigenvalue weighted by molar-refractivity contribution is -0.149. The van der Waals surface area contributed by atoms with Crippen LogP contribution in [0.5, 0.6) is 0 Å². The molecule has 0 aromatic heterocycles. The van der Waals surface area contributed by atoms with E-state index in [0.717, 1.165) is 0 Å². The van der Waals surface area contributed by atoms with Crippen molar-refractivity contribution < 1.29 is 38.4 Å². The average Bonchev–Trinajstić information content (AvgIpc) is 2.87. The summed E-state index contributed by atoms with van der Waals surface area (Å²) in [6, 6.07) is 6.22. The Morgan fingerprint density at radius 2 is 1.72 bits per heavy atom. The van der Waals surface area contributed by atoms with Crippen molar-refractivity contribution in [2.45, 2.75) is 37.8 Å². The van der Waals surface area contributed by atoms with Crippen LogP contribution in [-0.4, -0.2) is 60.6 Å². The molecule has 8 nitrogen and oxygen atoms in total. The van der Waals surface area contributed by atoms with Crippen LogP contribution in [0, 0.1) is 0 Å². The standard InChI is InChI=1S/C17H18O8/c1-9-14-15(12(23-9)8-22-13(19)6-7-18)25-17(21)11-5-3-2-4-10(11)16(20)24-14/h2-5,9,12,14-15,18H,6-8H2,1H3/t9-,12+,14-,15+/m0/s1. The van der Waals surface area contributed by atoms with Crippen molar-refractivity contribution in [3.63, 3.8) is 0 Å². The van der Waals surface area contributed by atoms with Crippen LogP contribution < -0.4 is 0 Å². The number of carbonyl (C=O) groups excluding carboxylic acids is 3. The minimum Gasteiger partial charge on any atom is -0.463 e. The maximum absolute atomic E-state index is 12.4. The van der Waals surface area contributed by atoms with Crippen LogP contribution in [0.15, 0.2) is 24.3 Å². The molecule has 2 aliphatic rings. The highest BCUT2D eigenvalue weighted by Gasteiger charge is 2.49. The van der Waals surface area contributed by atoms with E-state index >= 15 is 0 Å². The molecule has 0 aliphatic carbocycles. The Labute approximate surface area is 143 Å². The van der Waals surface area contributed by atoms with E-state index in [-0.39, 0.29) is 30.8 Å². The summed E-state index contributed by atoms with van der Waals surface area (Å²) in [5.74, 6) is -1.89. The number of benzene rings is 1. The van der Waals surface area contributed by atoms with Gasteiger partial charge in [-0.2, -0.15) is 0 Å². The number of carbonyl (C=O) groups is 3. The van der Waals surface area contributed by atoms with Crippen LogP contribution in [0.4, 0.5) is 0 Å². The second kappa shape index (κ2) is 7.20. The summed E-state index contributed by atoms with van der Waals surface area (Å²) in [5, 5.41) is 8.72. The normalized spacial score (nSPS) is 28.1. The van der Waals surface area contributed by atoms with E-state index in [4.69, 9.17) is 24.1 Å². The number of ether oxygens (including phenoxy) is 4. The maximum Gasteiger partial charge on any atom is 0.339 e. The summed E-state index contributed by atoms with van der Waals surface area (Å²) in [6.45, 7) is 1.19. The van der Waals surface area contributed by atoms with Crippen LogP contribution in [0.25, 0.3) is 0 Å². The van der Waals surface area contributed by atoms with Gasteiger partial charge < -0.3 is 24.1 Å². The molecule has 2 aliphatic heterocycles. The molecule has 4 atom stereocenters. The highest BCUT2D eigenvalue weighted by molar-refractivity contribution is 6.03. The molecule has 1 aromatic rings. The fourth-order valence-electron chi connectivity index (χ4n) is 2.90. The Morgan fingerprint density at radius 3 is 2.32 bits per heavy atom. The predicted octanol–water partition coefficient (Wildman–Crippen LogP) is 0.464. The Kier molecular flexibility index (Phi) is 5.00. The number of hydrogen-bond acceptors (Lipinski definition) is 8. The molecule has 0 radical (unpaired) electrons. The maximum atomic E-state index is 12.4. The Hall–Kier alpha value is -2.45. The lowest BCUT2D eigenvalue weighted by Gasteiger charge is -2.26. The molecular weight excluding hydrogens is 332 g/mol. The average molecular weight is 350 g/mol. The van der Waals surface area contributed by atoms with Crippen LogP contribution in [0.3, 0.4) is 0 Å². The van der Waals surface area contributed by atoms with Crippen molar-refractivity contribution in [3.8, 4) is 0 Å². The summed E-state index contributed by atoms with van der Waals surface area (Å²) < 4.78 is 21.6. The van der Waals surface area contributed by atoms with Gasteiger partial charge in [0.1, 0.15) is 12.7 Å². The van der Waals surface area contributed by atoms with E-state index in [1.54, 1.807) is 19.1 Å². The number of aliphatic hydroxyl groups is 1. The van der Waals surface area contributed by atoms with E-state index < -0.39 is 42.3 Å². The highest BCUT2D eigenvalue weighted by Crippen LogP contribution is 2.31. The zero-order valence-corrected chi connectivity index (χ0v) is 13.5. The largest absolute Gasteiger partial charge is 0.463 e. The Balaban J connectivity index is 1.80. The lowest BCUT2D eigenvalue weighted by atomic mass is 10.0. The second-order valence-corrected chi connectivity index (χ2v) is 5.82. The van der Waals surface area contributed by atoms with Crippen LogP contribution in [-0.2, 0) is 23.7 Å². The smallest absolute Gasteiger partial charge is 0.339 e. The van der Waals surface area contributed by atoms with Crippen molar-refractivity contribution in [1.82, 2.24) is 0 Å². The van der Waals surface area contributed by atoms with E-state index in [2.05, 4.69) is 0 Å². The number of rotatable bonds is 4. The zero-order valence-electron chi connectivity index (χ0n) is 13.5. The van der Waals surface area contributed by atoms with Gasteiger partial charge in [0.2, 0.25) is 0 Å². The summed E-state index contributed by atoms with van der Waals surface area (Å²) in [5.41, 5.74) is 0.248. The molecule has 0 unspecified atom stereocenters. The molecule has 0 spiro atoms. The molecule has 8 heteroatoms. The topological polar surface area (TPSA) is 108 Å². The first-order valence-corrected chi connectivity index (χ1v) is 7.94. The van der Waals surface area contributed by atoms with E-state index in [1.165, 1.54) is 12.1 Å². The summed E-state index contributed by atoms with van der Waals surface area (Å²) >= 11 is 0. The summed E-state index contributed by atoms with van der Waals surface area (Å²) in [7, 11) is 0. The number of aliphatic hydroxyl groups excluding tert-OH is 1. The van der Waals surface area contributed by atoms with E-state index in [0.29, 0.717) is 0 Å². The monoisotopic (exact) mass is 350 g/mol. The molecule has 1 saturated heterocycles. The molecule has 0 amide bonds. The Morgan fingerprint density at radius 1 is 1.12 bits per heavy atom. The van der Waals surface area contributed by atoms with Gasteiger partial charge in [0, 0.05) is 0 Å². The third kappa shape index (κ3) is 3.49. The highest BCUT2D eigenvalue weighted by atomic mass is 16.7. The molecule has 134 valence electrons. The molecule has 1 aromatic carbocycles. The first kappa shape index (κ1) is 17.4. The number of fused-ring (bicyclic) bond motifs is 2. The number of hydrogen-bond donors (Lipinski definition) is 1. The van der Waals surface area contributed by atoms with Crippen molar-refractivity contribution >= 4 is 17.9 Å². The summed E-state index contributed by atoms with van der Waals surface area (Å²) in [6.07, 6.45) is -3.12. The van der Waals surface area contributed by atoms with Gasteiger partial charge in [0.05, 0.1) is 30.3 Å². The molecule has 1 fully saturated rings. The Bertz CT molecular complexity index is 685.